The molecule has 3 heterocycles. The van der Waals surface area contributed by atoms with Crippen LogP contribution in [0.4, 0.5) is 10.5 Å². The van der Waals surface area contributed by atoms with Gasteiger partial charge in [-0.3, -0.25) is 9.69 Å². The van der Waals surface area contributed by atoms with Crippen LogP contribution in [0.5, 0.6) is 5.88 Å². The molecule has 0 spiro atoms. The van der Waals surface area contributed by atoms with Crippen LogP contribution in [0.2, 0.25) is 0 Å². The largest absolute Gasteiger partial charge is 0.472 e. The smallest absolute Gasteiger partial charge is 0.325 e. The average Bonchev–Trinajstić information content (AvgIpc) is 3.32. The fraction of sp³-hybridized carbons (Fsp3) is 0.350. The maximum Gasteiger partial charge on any atom is 0.325 e. The summed E-state index contributed by atoms with van der Waals surface area (Å²) in [6.45, 7) is 2.37. The van der Waals surface area contributed by atoms with Crippen molar-refractivity contribution in [3.05, 3.63) is 53.1 Å². The van der Waals surface area contributed by atoms with Crippen molar-refractivity contribution in [3.63, 3.8) is 0 Å². The van der Waals surface area contributed by atoms with Crippen molar-refractivity contribution in [3.8, 4) is 5.88 Å². The Morgan fingerprint density at radius 1 is 1.14 bits per heavy atom. The second-order valence-corrected chi connectivity index (χ2v) is 7.70. The molecule has 3 amide bonds. The lowest BCUT2D eigenvalue weighted by atomic mass is 10.3. The van der Waals surface area contributed by atoms with E-state index < -0.39 is 0 Å². The Bertz CT molecular complexity index is 864. The SMILES string of the molecule is O=C(CN1CCN(c2ccccc2)C1=O)N1CC[C@@H](Oc2ncccc2Br)C1. The Kier molecular flexibility index (Phi) is 5.47. The standard InChI is InChI=1S/C20H21BrN4O3/c21-17-7-4-9-22-19(17)28-16-8-10-23(13-16)18(26)14-24-11-12-25(20(24)27)15-5-2-1-3-6-15/h1-7,9,16H,8,10-14H2/t16-/m1/s1. The van der Waals surface area contributed by atoms with Crippen LogP contribution in [0.25, 0.3) is 0 Å². The van der Waals surface area contributed by atoms with E-state index in [2.05, 4.69) is 20.9 Å². The molecule has 0 aliphatic carbocycles. The number of pyridine rings is 1. The lowest BCUT2D eigenvalue weighted by molar-refractivity contribution is -0.130. The van der Waals surface area contributed by atoms with Crippen LogP contribution in [0.1, 0.15) is 6.42 Å². The summed E-state index contributed by atoms with van der Waals surface area (Å²) in [7, 11) is 0. The Morgan fingerprint density at radius 3 is 2.75 bits per heavy atom. The number of urea groups is 1. The third-order valence-electron chi connectivity index (χ3n) is 4.99. The number of rotatable bonds is 5. The summed E-state index contributed by atoms with van der Waals surface area (Å²) in [4.78, 5) is 34.6. The zero-order valence-corrected chi connectivity index (χ0v) is 16.9. The maximum absolute atomic E-state index is 12.7. The minimum absolute atomic E-state index is 0.0468. The van der Waals surface area contributed by atoms with E-state index in [1.54, 1.807) is 20.9 Å². The highest BCUT2D eigenvalue weighted by Crippen LogP contribution is 2.25. The number of hydrogen-bond donors (Lipinski definition) is 0. The van der Waals surface area contributed by atoms with Crippen LogP contribution < -0.4 is 9.64 Å². The molecular weight excluding hydrogens is 424 g/mol. The van der Waals surface area contributed by atoms with E-state index >= 15 is 0 Å². The van der Waals surface area contributed by atoms with E-state index in [0.717, 1.165) is 16.6 Å². The van der Waals surface area contributed by atoms with Gasteiger partial charge in [0.15, 0.2) is 0 Å². The van der Waals surface area contributed by atoms with E-state index in [-0.39, 0.29) is 24.6 Å². The van der Waals surface area contributed by atoms with Crippen LogP contribution in [-0.2, 0) is 4.79 Å². The van der Waals surface area contributed by atoms with E-state index in [4.69, 9.17) is 4.74 Å². The molecule has 0 unspecified atom stereocenters. The summed E-state index contributed by atoms with van der Waals surface area (Å²) in [5, 5.41) is 0. The molecule has 146 valence electrons. The Morgan fingerprint density at radius 2 is 1.96 bits per heavy atom. The second-order valence-electron chi connectivity index (χ2n) is 6.85. The Hall–Kier alpha value is -2.61. The summed E-state index contributed by atoms with van der Waals surface area (Å²) in [6.07, 6.45) is 2.33. The minimum atomic E-state index is -0.121. The van der Waals surface area contributed by atoms with Crippen molar-refractivity contribution in [1.82, 2.24) is 14.8 Å². The number of amides is 3. The quantitative estimate of drug-likeness (QED) is 0.710. The molecule has 2 fully saturated rings. The molecule has 2 aliphatic heterocycles. The molecule has 0 saturated carbocycles. The number of anilines is 1. The maximum atomic E-state index is 12.7. The first-order valence-corrected chi connectivity index (χ1v) is 10.1. The zero-order chi connectivity index (χ0) is 19.5. The highest BCUT2D eigenvalue weighted by atomic mass is 79.9. The van der Waals surface area contributed by atoms with E-state index in [1.807, 2.05) is 42.5 Å². The number of halogens is 1. The lowest BCUT2D eigenvalue weighted by Crippen LogP contribution is -2.42. The Balaban J connectivity index is 1.31. The lowest BCUT2D eigenvalue weighted by Gasteiger charge is -2.22. The van der Waals surface area contributed by atoms with Crippen LogP contribution in [0.15, 0.2) is 53.1 Å². The van der Waals surface area contributed by atoms with E-state index in [1.165, 1.54) is 0 Å². The van der Waals surface area contributed by atoms with Crippen molar-refractivity contribution < 1.29 is 14.3 Å². The average molecular weight is 445 g/mol. The number of ether oxygens (including phenoxy) is 1. The molecule has 2 saturated heterocycles. The topological polar surface area (TPSA) is 66.0 Å². The third kappa shape index (κ3) is 3.96. The van der Waals surface area contributed by atoms with Gasteiger partial charge in [-0.05, 0) is 40.2 Å². The predicted molar refractivity (Wildman–Crippen MR) is 108 cm³/mol. The van der Waals surface area contributed by atoms with Gasteiger partial charge in [0.1, 0.15) is 12.6 Å². The van der Waals surface area contributed by atoms with Gasteiger partial charge in [-0.1, -0.05) is 18.2 Å². The van der Waals surface area contributed by atoms with Crippen LogP contribution >= 0.6 is 15.9 Å². The number of aromatic nitrogens is 1. The summed E-state index contributed by atoms with van der Waals surface area (Å²) >= 11 is 3.42. The van der Waals surface area contributed by atoms with Crippen LogP contribution in [0.3, 0.4) is 0 Å². The van der Waals surface area contributed by atoms with Crippen molar-refractivity contribution in [2.75, 3.05) is 37.6 Å². The van der Waals surface area contributed by atoms with Crippen molar-refractivity contribution in [1.29, 1.82) is 0 Å². The van der Waals surface area contributed by atoms with Gasteiger partial charge < -0.3 is 14.5 Å². The molecule has 7 nitrogen and oxygen atoms in total. The number of carbonyl (C=O) groups is 2. The molecular formula is C20H21BrN4O3. The number of benzene rings is 1. The van der Waals surface area contributed by atoms with Crippen molar-refractivity contribution in [2.45, 2.75) is 12.5 Å². The van der Waals surface area contributed by atoms with Gasteiger partial charge in [0, 0.05) is 37.9 Å². The highest BCUT2D eigenvalue weighted by Gasteiger charge is 2.34. The van der Waals surface area contributed by atoms with Crippen LogP contribution in [-0.4, -0.2) is 65.5 Å². The minimum Gasteiger partial charge on any atom is -0.472 e. The fourth-order valence-electron chi connectivity index (χ4n) is 3.51. The zero-order valence-electron chi connectivity index (χ0n) is 15.3. The number of likely N-dealkylation sites (tertiary alicyclic amines) is 1. The molecule has 1 aromatic carbocycles. The van der Waals surface area contributed by atoms with Gasteiger partial charge in [0.05, 0.1) is 11.0 Å². The number of carbonyl (C=O) groups excluding carboxylic acids is 2. The molecule has 1 atom stereocenters. The summed E-state index contributed by atoms with van der Waals surface area (Å²) < 4.78 is 6.71. The second kappa shape index (κ2) is 8.18. The third-order valence-corrected chi connectivity index (χ3v) is 5.59. The normalized spacial score (nSPS) is 19.4. The van der Waals surface area contributed by atoms with E-state index in [0.29, 0.717) is 32.1 Å². The molecule has 2 aromatic rings. The van der Waals surface area contributed by atoms with Gasteiger partial charge in [0.2, 0.25) is 11.8 Å². The van der Waals surface area contributed by atoms with Gasteiger partial charge in [-0.25, -0.2) is 9.78 Å². The molecule has 1 aromatic heterocycles. The van der Waals surface area contributed by atoms with E-state index in [9.17, 15) is 9.59 Å². The first-order chi connectivity index (χ1) is 13.6. The van der Waals surface area contributed by atoms with Gasteiger partial charge in [-0.15, -0.1) is 0 Å². The van der Waals surface area contributed by atoms with Gasteiger partial charge >= 0.3 is 6.03 Å². The number of nitrogens with zero attached hydrogens (tertiary/aromatic N) is 4. The first kappa shape index (κ1) is 18.7. The summed E-state index contributed by atoms with van der Waals surface area (Å²) in [6, 6.07) is 13.1. The van der Waals surface area contributed by atoms with Crippen molar-refractivity contribution >= 4 is 33.6 Å². The summed E-state index contributed by atoms with van der Waals surface area (Å²) in [5.41, 5.74) is 0.859. The molecule has 2 aliphatic rings. The highest BCUT2D eigenvalue weighted by molar-refractivity contribution is 9.10. The van der Waals surface area contributed by atoms with Crippen molar-refractivity contribution in [2.24, 2.45) is 0 Å². The summed E-state index contributed by atoms with van der Waals surface area (Å²) in [5.74, 6) is 0.490. The number of hydrogen-bond acceptors (Lipinski definition) is 4. The number of para-hydroxylation sites is 1. The molecule has 8 heteroatoms. The molecule has 0 bridgehead atoms. The monoisotopic (exact) mass is 444 g/mol. The Labute approximate surface area is 172 Å². The molecule has 28 heavy (non-hydrogen) atoms. The van der Waals surface area contributed by atoms with Gasteiger partial charge in [0.25, 0.3) is 0 Å². The van der Waals surface area contributed by atoms with Crippen LogP contribution in [0, 0.1) is 0 Å². The molecule has 4 rings (SSSR count). The molecule has 0 radical (unpaired) electrons. The fourth-order valence-corrected chi connectivity index (χ4v) is 3.86. The van der Waals surface area contributed by atoms with Gasteiger partial charge in [-0.2, -0.15) is 0 Å². The molecule has 0 N–H and O–H groups in total. The predicted octanol–water partition coefficient (Wildman–Crippen LogP) is 2.77. The first-order valence-electron chi connectivity index (χ1n) is 9.28.